The molecule has 2 aromatic carbocycles. The molecular weight excluding hydrogens is 268 g/mol. The largest absolute Gasteiger partial charge is 0.504 e. The van der Waals surface area contributed by atoms with Crippen molar-refractivity contribution in [2.75, 3.05) is 0 Å². The van der Waals surface area contributed by atoms with Gasteiger partial charge in [0.1, 0.15) is 11.5 Å². The summed E-state index contributed by atoms with van der Waals surface area (Å²) in [5.74, 6) is 0.0736. The molecular formula is C17H18O4. The summed E-state index contributed by atoms with van der Waals surface area (Å²) in [4.78, 5) is 0. The van der Waals surface area contributed by atoms with Crippen LogP contribution in [0.2, 0.25) is 0 Å². The molecule has 0 amide bonds. The number of rotatable bonds is 0. The Morgan fingerprint density at radius 3 is 2.14 bits per heavy atom. The average molecular weight is 286 g/mol. The van der Waals surface area contributed by atoms with Gasteiger partial charge in [-0.1, -0.05) is 6.07 Å². The number of hydrogen-bond donors (Lipinski definition) is 3. The standard InChI is InChI=1S/C17H18O4/c1-7-5-11-6-12-14(19)15(20)13(18)10(4)17(12)21-16(11)9(3)8(7)2/h5,18-20H,6H2,1-4H3. The molecule has 3 rings (SSSR count). The van der Waals surface area contributed by atoms with Gasteiger partial charge in [0.15, 0.2) is 11.5 Å². The highest BCUT2D eigenvalue weighted by Gasteiger charge is 2.29. The van der Waals surface area contributed by atoms with Gasteiger partial charge in [-0.05, 0) is 49.9 Å². The summed E-state index contributed by atoms with van der Waals surface area (Å²) in [6.07, 6.45) is 0.465. The van der Waals surface area contributed by atoms with Crippen LogP contribution >= 0.6 is 0 Å². The predicted molar refractivity (Wildman–Crippen MR) is 79.7 cm³/mol. The normalized spacial score (nSPS) is 12.6. The Morgan fingerprint density at radius 2 is 1.48 bits per heavy atom. The van der Waals surface area contributed by atoms with Crippen molar-refractivity contribution in [3.05, 3.63) is 39.4 Å². The van der Waals surface area contributed by atoms with Crippen LogP contribution in [0.3, 0.4) is 0 Å². The van der Waals surface area contributed by atoms with E-state index in [1.54, 1.807) is 6.92 Å². The summed E-state index contributed by atoms with van der Waals surface area (Å²) in [5, 5.41) is 29.7. The number of aromatic hydroxyl groups is 3. The first kappa shape index (κ1) is 13.6. The first-order chi connectivity index (χ1) is 9.82. The Kier molecular flexibility index (Phi) is 2.80. The minimum Gasteiger partial charge on any atom is -0.504 e. The van der Waals surface area contributed by atoms with Gasteiger partial charge in [-0.2, -0.15) is 0 Å². The maximum absolute atomic E-state index is 10.1. The molecule has 0 saturated carbocycles. The molecule has 1 aliphatic rings. The third-order valence-electron chi connectivity index (χ3n) is 4.45. The van der Waals surface area contributed by atoms with Crippen LogP contribution < -0.4 is 4.74 Å². The van der Waals surface area contributed by atoms with Crippen molar-refractivity contribution in [1.29, 1.82) is 0 Å². The summed E-state index contributed by atoms with van der Waals surface area (Å²) in [6.45, 7) is 7.75. The van der Waals surface area contributed by atoms with Crippen molar-refractivity contribution in [3.63, 3.8) is 0 Å². The summed E-state index contributed by atoms with van der Waals surface area (Å²) in [5.41, 5.74) is 5.31. The number of phenolic OH excluding ortho intramolecular Hbond substituents is 3. The van der Waals surface area contributed by atoms with Crippen LogP contribution in [0.25, 0.3) is 0 Å². The second-order valence-corrected chi connectivity index (χ2v) is 5.69. The minimum absolute atomic E-state index is 0.311. The highest BCUT2D eigenvalue weighted by atomic mass is 16.5. The lowest BCUT2D eigenvalue weighted by Gasteiger charge is -2.26. The Bertz CT molecular complexity index is 776. The molecule has 4 heteroatoms. The Morgan fingerprint density at radius 1 is 0.810 bits per heavy atom. The van der Waals surface area contributed by atoms with Crippen LogP contribution in [0.4, 0.5) is 0 Å². The number of aryl methyl sites for hydroxylation is 1. The van der Waals surface area contributed by atoms with Crippen LogP contribution in [0.1, 0.15) is 33.4 Å². The summed E-state index contributed by atoms with van der Waals surface area (Å²) < 4.78 is 5.96. The van der Waals surface area contributed by atoms with Gasteiger partial charge in [0.05, 0.1) is 0 Å². The third-order valence-corrected chi connectivity index (χ3v) is 4.45. The average Bonchev–Trinajstić information content (AvgIpc) is 2.47. The molecule has 0 aliphatic carbocycles. The molecule has 21 heavy (non-hydrogen) atoms. The topological polar surface area (TPSA) is 69.9 Å². The van der Waals surface area contributed by atoms with Gasteiger partial charge in [0.2, 0.25) is 5.75 Å². The van der Waals surface area contributed by atoms with Gasteiger partial charge < -0.3 is 20.1 Å². The Labute approximate surface area is 123 Å². The van der Waals surface area contributed by atoms with Crippen molar-refractivity contribution in [2.24, 2.45) is 0 Å². The molecule has 0 radical (unpaired) electrons. The smallest absolute Gasteiger partial charge is 0.201 e. The van der Waals surface area contributed by atoms with Crippen molar-refractivity contribution in [1.82, 2.24) is 0 Å². The number of hydrogen-bond acceptors (Lipinski definition) is 4. The number of fused-ring (bicyclic) bond motifs is 2. The van der Waals surface area contributed by atoms with Gasteiger partial charge in [-0.3, -0.25) is 0 Å². The van der Waals surface area contributed by atoms with E-state index in [-0.39, 0.29) is 11.5 Å². The van der Waals surface area contributed by atoms with E-state index in [1.807, 2.05) is 26.8 Å². The Hall–Kier alpha value is -2.36. The minimum atomic E-state index is -0.487. The Balaban J connectivity index is 2.27. The molecule has 1 aliphatic heterocycles. The van der Waals surface area contributed by atoms with Crippen LogP contribution in [0.15, 0.2) is 6.07 Å². The molecule has 4 nitrogen and oxygen atoms in total. The van der Waals surface area contributed by atoms with Crippen molar-refractivity contribution in [2.45, 2.75) is 34.1 Å². The molecule has 0 aromatic heterocycles. The molecule has 3 N–H and O–H groups in total. The molecule has 0 unspecified atom stereocenters. The molecule has 2 aromatic rings. The van der Waals surface area contributed by atoms with E-state index in [9.17, 15) is 15.3 Å². The number of ether oxygens (including phenoxy) is 1. The lowest BCUT2D eigenvalue weighted by atomic mass is 9.91. The van der Waals surface area contributed by atoms with Crippen LogP contribution in [0.5, 0.6) is 28.7 Å². The van der Waals surface area contributed by atoms with Gasteiger partial charge in [-0.15, -0.1) is 0 Å². The van der Waals surface area contributed by atoms with Gasteiger partial charge in [0, 0.05) is 17.5 Å². The molecule has 1 heterocycles. The van der Waals surface area contributed by atoms with Crippen LogP contribution in [-0.4, -0.2) is 15.3 Å². The zero-order valence-electron chi connectivity index (χ0n) is 12.5. The van der Waals surface area contributed by atoms with E-state index in [0.29, 0.717) is 23.3 Å². The van der Waals surface area contributed by atoms with E-state index < -0.39 is 5.75 Å². The van der Waals surface area contributed by atoms with Crippen LogP contribution in [0, 0.1) is 27.7 Å². The third kappa shape index (κ3) is 1.75. The highest BCUT2D eigenvalue weighted by Crippen LogP contribution is 2.52. The molecule has 0 bridgehead atoms. The summed E-state index contributed by atoms with van der Waals surface area (Å²) in [7, 11) is 0. The van der Waals surface area contributed by atoms with Crippen molar-refractivity contribution in [3.8, 4) is 28.7 Å². The zero-order chi connectivity index (χ0) is 15.5. The van der Waals surface area contributed by atoms with Crippen LogP contribution in [-0.2, 0) is 6.42 Å². The molecule has 110 valence electrons. The number of phenols is 3. The predicted octanol–water partition coefficient (Wildman–Crippen LogP) is 3.73. The van der Waals surface area contributed by atoms with E-state index in [0.717, 1.165) is 22.4 Å². The van der Waals surface area contributed by atoms with E-state index >= 15 is 0 Å². The van der Waals surface area contributed by atoms with Gasteiger partial charge in [-0.25, -0.2) is 0 Å². The maximum Gasteiger partial charge on any atom is 0.201 e. The SMILES string of the molecule is Cc1cc2c(c(C)c1C)Oc1c(C)c(O)c(O)c(O)c1C2. The first-order valence-corrected chi connectivity index (χ1v) is 6.86. The quantitative estimate of drug-likeness (QED) is 0.551. The molecule has 0 saturated heterocycles. The zero-order valence-corrected chi connectivity index (χ0v) is 12.5. The maximum atomic E-state index is 10.1. The summed E-state index contributed by atoms with van der Waals surface area (Å²) >= 11 is 0. The molecule has 0 spiro atoms. The highest BCUT2D eigenvalue weighted by molar-refractivity contribution is 5.69. The fraction of sp³-hybridized carbons (Fsp3) is 0.294. The summed E-state index contributed by atoms with van der Waals surface area (Å²) in [6, 6.07) is 2.04. The second-order valence-electron chi connectivity index (χ2n) is 5.69. The molecule has 0 atom stereocenters. The van der Waals surface area contributed by atoms with Crippen molar-refractivity contribution < 1.29 is 20.1 Å². The monoisotopic (exact) mass is 286 g/mol. The van der Waals surface area contributed by atoms with E-state index in [4.69, 9.17) is 4.74 Å². The fourth-order valence-corrected chi connectivity index (χ4v) is 2.88. The number of benzene rings is 2. The van der Waals surface area contributed by atoms with E-state index in [2.05, 4.69) is 0 Å². The second kappa shape index (κ2) is 4.32. The fourth-order valence-electron chi connectivity index (χ4n) is 2.88. The first-order valence-electron chi connectivity index (χ1n) is 6.86. The lowest BCUT2D eigenvalue weighted by Crippen LogP contribution is -2.08. The van der Waals surface area contributed by atoms with Crippen molar-refractivity contribution >= 4 is 0 Å². The molecule has 0 fully saturated rings. The van der Waals surface area contributed by atoms with E-state index in [1.165, 1.54) is 5.56 Å². The van der Waals surface area contributed by atoms with Gasteiger partial charge >= 0.3 is 0 Å². The lowest BCUT2D eigenvalue weighted by molar-refractivity contribution is 0.352. The van der Waals surface area contributed by atoms with Gasteiger partial charge in [0.25, 0.3) is 0 Å².